The fraction of sp³-hybridized carbons (Fsp3) is 0.731. The quantitative estimate of drug-likeness (QED) is 0.0874. The minimum absolute atomic E-state index is 0.387. The largest absolute Gasteiger partial charge is 0.502 e. The van der Waals surface area contributed by atoms with E-state index in [2.05, 4.69) is 24.8 Å². The summed E-state index contributed by atoms with van der Waals surface area (Å²) >= 11 is 0. The summed E-state index contributed by atoms with van der Waals surface area (Å²) in [4.78, 5) is 10.3. The maximum absolute atomic E-state index is 10.3. The Bertz CT molecular complexity index is 374. The summed E-state index contributed by atoms with van der Waals surface area (Å²) < 4.78 is 9.44. The lowest BCUT2D eigenvalue weighted by molar-refractivity contribution is -0.132. The Hall–Kier alpha value is -1.51. The number of unbranched alkanes of at least 4 members (excludes halogenated alkanes) is 15. The van der Waals surface area contributed by atoms with E-state index in [4.69, 9.17) is 4.74 Å². The van der Waals surface area contributed by atoms with Crippen molar-refractivity contribution in [3.8, 4) is 0 Å². The highest BCUT2D eigenvalue weighted by Gasteiger charge is 1.94. The van der Waals surface area contributed by atoms with Gasteiger partial charge in [0.2, 0.25) is 0 Å². The van der Waals surface area contributed by atoms with Crippen LogP contribution in [0.15, 0.2) is 37.8 Å². The zero-order valence-electron chi connectivity index (χ0n) is 19.5. The second-order valence-corrected chi connectivity index (χ2v) is 7.44. The second kappa shape index (κ2) is 28.7. The summed E-state index contributed by atoms with van der Waals surface area (Å²) in [5, 5.41) is 0. The van der Waals surface area contributed by atoms with Gasteiger partial charge in [-0.25, -0.2) is 4.79 Å². The first kappa shape index (κ1) is 29.7. The van der Waals surface area contributed by atoms with Crippen LogP contribution in [0.5, 0.6) is 0 Å². The molecule has 29 heavy (non-hydrogen) atoms. The molecule has 3 heteroatoms. The number of esters is 1. The molecule has 0 spiro atoms. The molecule has 0 saturated carbocycles. The van der Waals surface area contributed by atoms with E-state index in [1.165, 1.54) is 109 Å². The van der Waals surface area contributed by atoms with Gasteiger partial charge in [-0.2, -0.15) is 0 Å². The molecule has 0 radical (unpaired) electrons. The zero-order chi connectivity index (χ0) is 21.8. The summed E-state index contributed by atoms with van der Waals surface area (Å²) in [6, 6.07) is 0. The summed E-state index contributed by atoms with van der Waals surface area (Å²) in [7, 11) is 0. The van der Waals surface area contributed by atoms with Crippen LogP contribution in [0.2, 0.25) is 0 Å². The molecule has 0 aromatic heterocycles. The van der Waals surface area contributed by atoms with Crippen molar-refractivity contribution in [3.05, 3.63) is 37.8 Å². The number of hydrogen-bond donors (Lipinski definition) is 0. The van der Waals surface area contributed by atoms with Gasteiger partial charge >= 0.3 is 5.97 Å². The highest BCUT2D eigenvalue weighted by atomic mass is 16.5. The van der Waals surface area contributed by atoms with Crippen molar-refractivity contribution in [1.29, 1.82) is 0 Å². The van der Waals surface area contributed by atoms with Crippen LogP contribution in [0.3, 0.4) is 0 Å². The summed E-state index contributed by atoms with van der Waals surface area (Å²) in [5.74, 6) is -0.387. The van der Waals surface area contributed by atoms with Crippen molar-refractivity contribution >= 4 is 5.97 Å². The van der Waals surface area contributed by atoms with Gasteiger partial charge < -0.3 is 9.47 Å². The first-order chi connectivity index (χ1) is 14.2. The molecular weight excluding hydrogens is 360 g/mol. The second-order valence-electron chi connectivity index (χ2n) is 7.44. The molecule has 170 valence electrons. The molecule has 3 nitrogen and oxygen atoms in total. The average molecular weight is 409 g/mol. The molecule has 0 rings (SSSR count). The highest BCUT2D eigenvalue weighted by Crippen LogP contribution is 2.13. The van der Waals surface area contributed by atoms with Gasteiger partial charge in [0.15, 0.2) is 0 Å². The minimum atomic E-state index is -0.387. The lowest BCUT2D eigenvalue weighted by atomic mass is 10.0. The lowest BCUT2D eigenvalue weighted by Crippen LogP contribution is -1.91. The highest BCUT2D eigenvalue weighted by molar-refractivity contribution is 5.82. The lowest BCUT2D eigenvalue weighted by Gasteiger charge is -2.03. The zero-order valence-corrected chi connectivity index (χ0v) is 19.5. The van der Waals surface area contributed by atoms with Crippen molar-refractivity contribution in [2.75, 3.05) is 6.61 Å². The molecule has 0 amide bonds. The molecule has 0 aromatic rings. The van der Waals surface area contributed by atoms with Crippen molar-refractivity contribution in [1.82, 2.24) is 0 Å². The smallest absolute Gasteiger partial charge is 0.335 e. The van der Waals surface area contributed by atoms with Crippen LogP contribution in [0.25, 0.3) is 0 Å². The molecule has 0 aromatic carbocycles. The van der Waals surface area contributed by atoms with Gasteiger partial charge in [0.1, 0.15) is 0 Å². The van der Waals surface area contributed by atoms with Crippen molar-refractivity contribution < 1.29 is 14.3 Å². The van der Waals surface area contributed by atoms with E-state index in [0.29, 0.717) is 0 Å². The van der Waals surface area contributed by atoms with E-state index < -0.39 is 0 Å². The summed E-state index contributed by atoms with van der Waals surface area (Å²) in [6.07, 6.45) is 28.2. The van der Waals surface area contributed by atoms with E-state index in [1.807, 2.05) is 0 Å². The normalized spacial score (nSPS) is 10.3. The molecule has 0 aliphatic heterocycles. The van der Waals surface area contributed by atoms with Crippen LogP contribution in [0, 0.1) is 0 Å². The van der Waals surface area contributed by atoms with Gasteiger partial charge in [-0.3, -0.25) is 0 Å². The number of carbonyl (C=O) groups excluding carboxylic acids is 1. The van der Waals surface area contributed by atoms with E-state index in [0.717, 1.165) is 12.9 Å². The number of ether oxygens (including phenoxy) is 2. The topological polar surface area (TPSA) is 35.5 Å². The summed E-state index contributed by atoms with van der Waals surface area (Å²) in [5.41, 5.74) is 0. The minimum Gasteiger partial charge on any atom is -0.502 e. The predicted molar refractivity (Wildman–Crippen MR) is 127 cm³/mol. The Kier molecular flexibility index (Phi) is 29.4. The van der Waals surface area contributed by atoms with E-state index >= 15 is 0 Å². The summed E-state index contributed by atoms with van der Waals surface area (Å²) in [6.45, 7) is 11.6. The molecule has 0 aliphatic carbocycles. The first-order valence-electron chi connectivity index (χ1n) is 11.9. The standard InChI is InChI=1S/C20H40O.C6H8O2/c1-3-5-6-7-8-9-10-11-12-13-14-15-16-17-18-19-20-21-4-2;1-3-5-6(7)8-4-2/h4H,2-3,5-20H2,1H3;3-5H,2H2,1H3. The van der Waals surface area contributed by atoms with E-state index in [9.17, 15) is 4.79 Å². The van der Waals surface area contributed by atoms with Crippen molar-refractivity contribution in [2.45, 2.75) is 117 Å². The van der Waals surface area contributed by atoms with Crippen LogP contribution >= 0.6 is 0 Å². The fourth-order valence-corrected chi connectivity index (χ4v) is 3.07. The van der Waals surface area contributed by atoms with Crippen molar-refractivity contribution in [3.63, 3.8) is 0 Å². The van der Waals surface area contributed by atoms with Crippen LogP contribution in [-0.2, 0) is 14.3 Å². The predicted octanol–water partition coefficient (Wildman–Crippen LogP) is 8.66. The number of rotatable bonds is 20. The Morgan fingerprint density at radius 1 is 0.690 bits per heavy atom. The monoisotopic (exact) mass is 408 g/mol. The molecule has 0 unspecified atom stereocenters. The number of carbonyl (C=O) groups is 1. The Morgan fingerprint density at radius 3 is 1.45 bits per heavy atom. The molecule has 0 bridgehead atoms. The number of hydrogen-bond acceptors (Lipinski definition) is 3. The van der Waals surface area contributed by atoms with Gasteiger partial charge in [0, 0.05) is 6.08 Å². The molecule has 0 heterocycles. The molecular formula is C26H48O3. The third kappa shape index (κ3) is 31.4. The molecule has 0 fully saturated rings. The van der Waals surface area contributed by atoms with E-state index in [1.54, 1.807) is 19.3 Å². The molecule has 0 atom stereocenters. The third-order valence-electron chi connectivity index (χ3n) is 4.74. The van der Waals surface area contributed by atoms with Crippen LogP contribution in [0.4, 0.5) is 0 Å². The third-order valence-corrected chi connectivity index (χ3v) is 4.74. The van der Waals surface area contributed by atoms with Crippen molar-refractivity contribution in [2.24, 2.45) is 0 Å². The van der Waals surface area contributed by atoms with Gasteiger partial charge in [-0.1, -0.05) is 122 Å². The van der Waals surface area contributed by atoms with Gasteiger partial charge in [-0.15, -0.1) is 0 Å². The molecule has 0 N–H and O–H groups in total. The Labute approximate surface area is 181 Å². The first-order valence-corrected chi connectivity index (χ1v) is 11.9. The Morgan fingerprint density at radius 2 is 1.10 bits per heavy atom. The molecule has 0 aliphatic rings. The molecule has 0 saturated heterocycles. The van der Waals surface area contributed by atoms with Crippen LogP contribution in [0.1, 0.15) is 117 Å². The fourth-order valence-electron chi connectivity index (χ4n) is 3.07. The van der Waals surface area contributed by atoms with Gasteiger partial charge in [0.25, 0.3) is 0 Å². The average Bonchev–Trinajstić information content (AvgIpc) is 2.71. The maximum Gasteiger partial charge on any atom is 0.335 e. The van der Waals surface area contributed by atoms with E-state index in [-0.39, 0.29) is 5.97 Å². The Balaban J connectivity index is 0. The van der Waals surface area contributed by atoms with Gasteiger partial charge in [0.05, 0.1) is 19.1 Å². The number of allylic oxidation sites excluding steroid dienone is 1. The maximum atomic E-state index is 10.3. The SMILES string of the molecule is C=COC(=O)C=CC.C=COCCCCCCCCCCCCCCCCCC. The van der Waals surface area contributed by atoms with Gasteiger partial charge in [-0.05, 0) is 13.3 Å². The van der Waals surface area contributed by atoms with Crippen LogP contribution in [-0.4, -0.2) is 12.6 Å². The van der Waals surface area contributed by atoms with Crippen LogP contribution < -0.4 is 0 Å².